The van der Waals surface area contributed by atoms with Gasteiger partial charge in [0.25, 0.3) is 0 Å². The summed E-state index contributed by atoms with van der Waals surface area (Å²) in [5.74, 6) is 1.60. The summed E-state index contributed by atoms with van der Waals surface area (Å²) in [6.45, 7) is 1.92. The topological polar surface area (TPSA) is 86.1 Å². The first-order valence-corrected chi connectivity index (χ1v) is 9.28. The number of hydrogen-bond donors (Lipinski definition) is 1. The van der Waals surface area contributed by atoms with Crippen molar-refractivity contribution in [2.75, 3.05) is 12.4 Å². The second-order valence-electron chi connectivity index (χ2n) is 6.71. The number of anilines is 2. The fourth-order valence-corrected chi connectivity index (χ4v) is 3.61. The highest BCUT2D eigenvalue weighted by atomic mass is 16.5. The highest BCUT2D eigenvalue weighted by Crippen LogP contribution is 2.33. The standard InChI is InChI=1S/C23H19N5O/c1-15-18(6-5-13-24)22(26-16-9-11-17(29-2)12-10-16)28-21-8-4-3-7-20(21)27-23(28)19(15)14-25/h3-4,7-12,26H,5-6H2,1-2H3. The Hall–Kier alpha value is -4.03. The minimum atomic E-state index is 0.362. The molecule has 0 spiro atoms. The van der Waals surface area contributed by atoms with Gasteiger partial charge in [-0.3, -0.25) is 4.40 Å². The number of pyridine rings is 1. The fraction of sp³-hybridized carbons (Fsp3) is 0.174. The van der Waals surface area contributed by atoms with E-state index in [-0.39, 0.29) is 0 Å². The van der Waals surface area contributed by atoms with Gasteiger partial charge in [-0.15, -0.1) is 0 Å². The molecule has 142 valence electrons. The van der Waals surface area contributed by atoms with E-state index in [9.17, 15) is 5.26 Å². The van der Waals surface area contributed by atoms with Gasteiger partial charge in [0, 0.05) is 12.1 Å². The lowest BCUT2D eigenvalue weighted by Gasteiger charge is -2.18. The molecule has 0 fully saturated rings. The number of hydrogen-bond acceptors (Lipinski definition) is 5. The highest BCUT2D eigenvalue weighted by Gasteiger charge is 2.20. The molecule has 29 heavy (non-hydrogen) atoms. The molecule has 0 amide bonds. The maximum Gasteiger partial charge on any atom is 0.157 e. The first-order chi connectivity index (χ1) is 14.2. The number of methoxy groups -OCH3 is 1. The molecule has 0 atom stereocenters. The van der Waals surface area contributed by atoms with Crippen LogP contribution in [0.25, 0.3) is 16.7 Å². The van der Waals surface area contributed by atoms with E-state index in [4.69, 9.17) is 15.0 Å². The SMILES string of the molecule is COc1ccc(Nc2c(CCC#N)c(C)c(C#N)c3nc4ccccc4n23)cc1. The van der Waals surface area contributed by atoms with E-state index in [0.717, 1.165) is 39.4 Å². The van der Waals surface area contributed by atoms with Crippen LogP contribution in [-0.4, -0.2) is 16.5 Å². The molecule has 0 bridgehead atoms. The van der Waals surface area contributed by atoms with Gasteiger partial charge in [0.15, 0.2) is 5.65 Å². The van der Waals surface area contributed by atoms with E-state index in [2.05, 4.69) is 17.5 Å². The zero-order chi connectivity index (χ0) is 20.4. The number of para-hydroxylation sites is 2. The molecule has 4 rings (SSSR count). The van der Waals surface area contributed by atoms with Gasteiger partial charge in [0.05, 0.1) is 29.8 Å². The van der Waals surface area contributed by atoms with Gasteiger partial charge in [-0.05, 0) is 60.9 Å². The van der Waals surface area contributed by atoms with E-state index in [1.54, 1.807) is 7.11 Å². The van der Waals surface area contributed by atoms with Crippen LogP contribution in [0.2, 0.25) is 0 Å². The van der Waals surface area contributed by atoms with E-state index in [1.807, 2.05) is 59.9 Å². The Kier molecular flexibility index (Phi) is 4.76. The molecule has 0 aliphatic carbocycles. The van der Waals surface area contributed by atoms with Crippen molar-refractivity contribution < 1.29 is 4.74 Å². The number of fused-ring (bicyclic) bond motifs is 3. The second-order valence-corrected chi connectivity index (χ2v) is 6.71. The van der Waals surface area contributed by atoms with Gasteiger partial charge in [-0.1, -0.05) is 12.1 Å². The molecule has 1 N–H and O–H groups in total. The Morgan fingerprint density at radius 3 is 2.55 bits per heavy atom. The average Bonchev–Trinajstić information content (AvgIpc) is 3.13. The number of benzene rings is 2. The predicted molar refractivity (Wildman–Crippen MR) is 112 cm³/mol. The lowest BCUT2D eigenvalue weighted by Crippen LogP contribution is -2.08. The average molecular weight is 381 g/mol. The largest absolute Gasteiger partial charge is 0.497 e. The molecule has 0 radical (unpaired) electrons. The maximum absolute atomic E-state index is 9.83. The van der Waals surface area contributed by atoms with Crippen LogP contribution in [0.1, 0.15) is 23.1 Å². The molecule has 0 aliphatic rings. The number of ether oxygens (including phenoxy) is 1. The summed E-state index contributed by atoms with van der Waals surface area (Å²) in [7, 11) is 1.63. The molecule has 0 saturated carbocycles. The molecule has 6 heteroatoms. The molecule has 0 unspecified atom stereocenters. The smallest absolute Gasteiger partial charge is 0.157 e. The molecular formula is C23H19N5O. The van der Waals surface area contributed by atoms with Crippen molar-refractivity contribution in [2.24, 2.45) is 0 Å². The van der Waals surface area contributed by atoms with Crippen LogP contribution in [-0.2, 0) is 6.42 Å². The Morgan fingerprint density at radius 2 is 1.86 bits per heavy atom. The molecule has 0 aliphatic heterocycles. The first kappa shape index (κ1) is 18.3. The number of imidazole rings is 1. The summed E-state index contributed by atoms with van der Waals surface area (Å²) in [4.78, 5) is 4.71. The van der Waals surface area contributed by atoms with E-state index >= 15 is 0 Å². The van der Waals surface area contributed by atoms with Crippen molar-refractivity contribution in [1.29, 1.82) is 10.5 Å². The highest BCUT2D eigenvalue weighted by molar-refractivity contribution is 5.87. The van der Waals surface area contributed by atoms with Crippen LogP contribution >= 0.6 is 0 Å². The van der Waals surface area contributed by atoms with E-state index < -0.39 is 0 Å². The third-order valence-electron chi connectivity index (χ3n) is 5.07. The van der Waals surface area contributed by atoms with Crippen LogP contribution in [0, 0.1) is 29.6 Å². The number of nitriles is 2. The third-order valence-corrected chi connectivity index (χ3v) is 5.07. The van der Waals surface area contributed by atoms with Crippen LogP contribution in [0.15, 0.2) is 48.5 Å². The summed E-state index contributed by atoms with van der Waals surface area (Å²) in [6, 6.07) is 20.0. The molecule has 2 heterocycles. The zero-order valence-electron chi connectivity index (χ0n) is 16.2. The number of nitrogens with one attached hydrogen (secondary N) is 1. The Bertz CT molecular complexity index is 1290. The molecule has 4 aromatic rings. The minimum Gasteiger partial charge on any atom is -0.497 e. The van der Waals surface area contributed by atoms with Gasteiger partial charge < -0.3 is 10.1 Å². The summed E-state index contributed by atoms with van der Waals surface area (Å²) in [5, 5.41) is 22.5. The zero-order valence-corrected chi connectivity index (χ0v) is 16.2. The molecule has 2 aromatic carbocycles. The first-order valence-electron chi connectivity index (χ1n) is 9.28. The van der Waals surface area contributed by atoms with Gasteiger partial charge in [-0.25, -0.2) is 4.98 Å². The summed E-state index contributed by atoms with van der Waals surface area (Å²) in [5.41, 5.74) is 5.55. The Morgan fingerprint density at radius 1 is 1.10 bits per heavy atom. The van der Waals surface area contributed by atoms with Gasteiger partial charge in [0.1, 0.15) is 17.6 Å². The lowest BCUT2D eigenvalue weighted by atomic mass is 10.0. The quantitative estimate of drug-likeness (QED) is 0.533. The Labute approximate surface area is 168 Å². The van der Waals surface area contributed by atoms with Gasteiger partial charge in [-0.2, -0.15) is 10.5 Å². The predicted octanol–water partition coefficient (Wildman–Crippen LogP) is 4.88. The lowest BCUT2D eigenvalue weighted by molar-refractivity contribution is 0.415. The maximum atomic E-state index is 9.83. The van der Waals surface area contributed by atoms with E-state index in [0.29, 0.717) is 24.1 Å². The summed E-state index contributed by atoms with van der Waals surface area (Å²) in [6.07, 6.45) is 0.902. The molecule has 2 aromatic heterocycles. The number of aromatic nitrogens is 2. The fourth-order valence-electron chi connectivity index (χ4n) is 3.61. The molecular weight excluding hydrogens is 362 g/mol. The number of nitrogens with zero attached hydrogens (tertiary/aromatic N) is 4. The number of rotatable bonds is 5. The van der Waals surface area contributed by atoms with Crippen molar-refractivity contribution in [2.45, 2.75) is 19.8 Å². The van der Waals surface area contributed by atoms with Crippen LogP contribution in [0.5, 0.6) is 5.75 Å². The van der Waals surface area contributed by atoms with Gasteiger partial charge >= 0.3 is 0 Å². The summed E-state index contributed by atoms with van der Waals surface area (Å²) < 4.78 is 7.23. The van der Waals surface area contributed by atoms with Crippen LogP contribution in [0.4, 0.5) is 11.5 Å². The second kappa shape index (κ2) is 7.53. The van der Waals surface area contributed by atoms with E-state index in [1.165, 1.54) is 0 Å². The van der Waals surface area contributed by atoms with Crippen molar-refractivity contribution in [1.82, 2.24) is 9.38 Å². The third kappa shape index (κ3) is 3.11. The molecule has 0 saturated heterocycles. The van der Waals surface area contributed by atoms with Crippen LogP contribution in [0.3, 0.4) is 0 Å². The molecule has 6 nitrogen and oxygen atoms in total. The van der Waals surface area contributed by atoms with Crippen LogP contribution < -0.4 is 10.1 Å². The van der Waals surface area contributed by atoms with Crippen molar-refractivity contribution in [3.8, 4) is 17.9 Å². The normalized spacial score (nSPS) is 10.6. The monoisotopic (exact) mass is 381 g/mol. The van der Waals surface area contributed by atoms with Gasteiger partial charge in [0.2, 0.25) is 0 Å². The Balaban J connectivity index is 2.02. The van der Waals surface area contributed by atoms with Crippen molar-refractivity contribution in [3.63, 3.8) is 0 Å². The minimum absolute atomic E-state index is 0.362. The van der Waals surface area contributed by atoms with Crippen molar-refractivity contribution in [3.05, 3.63) is 65.2 Å². The van der Waals surface area contributed by atoms with Crippen molar-refractivity contribution >= 4 is 28.2 Å². The summed E-state index contributed by atoms with van der Waals surface area (Å²) >= 11 is 0.